The molecule has 0 spiro atoms. The van der Waals surface area contributed by atoms with E-state index in [0.717, 1.165) is 4.47 Å². The van der Waals surface area contributed by atoms with Crippen LogP contribution in [0.5, 0.6) is 0 Å². The zero-order valence-corrected chi connectivity index (χ0v) is 9.43. The molecule has 0 aliphatic carbocycles. The van der Waals surface area contributed by atoms with Crippen molar-refractivity contribution in [2.75, 3.05) is 0 Å². The maximum atomic E-state index is 3.43. The van der Waals surface area contributed by atoms with Crippen LogP contribution in [0.2, 0.25) is 0 Å². The molecular weight excluding hydrogens is 212 g/mol. The highest BCUT2D eigenvalue weighted by Crippen LogP contribution is 2.24. The summed E-state index contributed by atoms with van der Waals surface area (Å²) < 4.78 is 1.15. The summed E-state index contributed by atoms with van der Waals surface area (Å²) in [6.07, 6.45) is 0. The number of halogens is 1. The van der Waals surface area contributed by atoms with Crippen LogP contribution in [0.3, 0.4) is 0 Å². The summed E-state index contributed by atoms with van der Waals surface area (Å²) in [5.41, 5.74) is 1.42. The zero-order chi connectivity index (χ0) is 9.14. The minimum absolute atomic E-state index is 0.651. The molecule has 0 N–H and O–H groups in total. The third kappa shape index (κ3) is 2.34. The van der Waals surface area contributed by atoms with Gasteiger partial charge >= 0.3 is 0 Å². The first-order valence-electron chi connectivity index (χ1n) is 4.36. The Kier molecular flexibility index (Phi) is 3.33. The second kappa shape index (κ2) is 4.08. The average molecular weight is 227 g/mol. The van der Waals surface area contributed by atoms with Gasteiger partial charge in [-0.2, -0.15) is 0 Å². The maximum Gasteiger partial charge on any atom is 0.0175 e. The Labute approximate surface area is 83.1 Å². The maximum absolute atomic E-state index is 3.43. The van der Waals surface area contributed by atoms with Gasteiger partial charge in [0.25, 0.3) is 0 Å². The molecule has 1 aromatic carbocycles. The van der Waals surface area contributed by atoms with Gasteiger partial charge < -0.3 is 0 Å². The number of hydrogen-bond acceptors (Lipinski definition) is 0. The average Bonchev–Trinajstić information content (AvgIpc) is 2.04. The van der Waals surface area contributed by atoms with Gasteiger partial charge in [-0.05, 0) is 29.5 Å². The zero-order valence-electron chi connectivity index (χ0n) is 7.84. The van der Waals surface area contributed by atoms with E-state index in [1.807, 2.05) is 0 Å². The Morgan fingerprint density at radius 3 is 1.92 bits per heavy atom. The molecule has 1 aromatic rings. The first kappa shape index (κ1) is 9.79. The van der Waals surface area contributed by atoms with Crippen molar-refractivity contribution in [3.05, 3.63) is 34.3 Å². The van der Waals surface area contributed by atoms with Crippen LogP contribution in [0.4, 0.5) is 0 Å². The predicted molar refractivity (Wildman–Crippen MR) is 57.4 cm³/mol. The molecule has 0 bridgehead atoms. The number of hydrogen-bond donors (Lipinski definition) is 0. The lowest BCUT2D eigenvalue weighted by Gasteiger charge is -2.15. The molecule has 66 valence electrons. The summed E-state index contributed by atoms with van der Waals surface area (Å²) in [5, 5.41) is 0. The Morgan fingerprint density at radius 1 is 1.00 bits per heavy atom. The molecule has 12 heavy (non-hydrogen) atoms. The summed E-state index contributed by atoms with van der Waals surface area (Å²) in [6, 6.07) is 8.59. The molecule has 0 saturated carbocycles. The van der Waals surface area contributed by atoms with Gasteiger partial charge in [-0.1, -0.05) is 48.8 Å². The second-order valence-corrected chi connectivity index (χ2v) is 4.50. The van der Waals surface area contributed by atoms with Crippen LogP contribution in [-0.2, 0) is 0 Å². The first-order valence-corrected chi connectivity index (χ1v) is 5.16. The molecule has 0 fully saturated rings. The lowest BCUT2D eigenvalue weighted by molar-refractivity contribution is 0.535. The van der Waals surface area contributed by atoms with Crippen LogP contribution in [0, 0.1) is 5.92 Å². The normalized spacial score (nSPS) is 13.4. The Hall–Kier alpha value is -0.300. The fraction of sp³-hybridized carbons (Fsp3) is 0.455. The largest absolute Gasteiger partial charge is 0.0622 e. The number of benzene rings is 1. The fourth-order valence-electron chi connectivity index (χ4n) is 1.15. The summed E-state index contributed by atoms with van der Waals surface area (Å²) in [4.78, 5) is 0. The van der Waals surface area contributed by atoms with Gasteiger partial charge in [-0.15, -0.1) is 0 Å². The molecule has 0 radical (unpaired) electrons. The summed E-state index contributed by atoms with van der Waals surface area (Å²) in [5.74, 6) is 1.37. The SMILES string of the molecule is CC(C)[C@H](C)c1ccc(Br)cc1. The van der Waals surface area contributed by atoms with Crippen LogP contribution < -0.4 is 0 Å². The van der Waals surface area contributed by atoms with Crippen molar-refractivity contribution >= 4 is 15.9 Å². The van der Waals surface area contributed by atoms with Gasteiger partial charge in [0.1, 0.15) is 0 Å². The topological polar surface area (TPSA) is 0 Å². The molecule has 1 rings (SSSR count). The van der Waals surface area contributed by atoms with Crippen molar-refractivity contribution in [3.8, 4) is 0 Å². The molecule has 1 atom stereocenters. The van der Waals surface area contributed by atoms with E-state index >= 15 is 0 Å². The van der Waals surface area contributed by atoms with E-state index < -0.39 is 0 Å². The van der Waals surface area contributed by atoms with Crippen molar-refractivity contribution in [3.63, 3.8) is 0 Å². The van der Waals surface area contributed by atoms with Crippen molar-refractivity contribution < 1.29 is 0 Å². The Morgan fingerprint density at radius 2 is 1.50 bits per heavy atom. The molecular formula is C11H15Br. The monoisotopic (exact) mass is 226 g/mol. The van der Waals surface area contributed by atoms with E-state index in [4.69, 9.17) is 0 Å². The van der Waals surface area contributed by atoms with Gasteiger partial charge in [0.05, 0.1) is 0 Å². The molecule has 0 heterocycles. The molecule has 0 aliphatic rings. The van der Waals surface area contributed by atoms with E-state index in [0.29, 0.717) is 11.8 Å². The van der Waals surface area contributed by atoms with Crippen molar-refractivity contribution in [2.45, 2.75) is 26.7 Å². The third-order valence-electron chi connectivity index (χ3n) is 2.40. The highest BCUT2D eigenvalue weighted by Gasteiger charge is 2.08. The smallest absolute Gasteiger partial charge is 0.0175 e. The predicted octanol–water partition coefficient (Wildman–Crippen LogP) is 4.21. The molecule has 0 saturated heterocycles. The van der Waals surface area contributed by atoms with Crippen LogP contribution >= 0.6 is 15.9 Å². The second-order valence-electron chi connectivity index (χ2n) is 3.58. The molecule has 0 aromatic heterocycles. The van der Waals surface area contributed by atoms with Crippen molar-refractivity contribution in [2.24, 2.45) is 5.92 Å². The lowest BCUT2D eigenvalue weighted by atomic mass is 9.91. The van der Waals surface area contributed by atoms with Crippen LogP contribution in [0.15, 0.2) is 28.7 Å². The van der Waals surface area contributed by atoms with E-state index in [1.54, 1.807) is 0 Å². The molecule has 1 heteroatoms. The van der Waals surface area contributed by atoms with E-state index in [1.165, 1.54) is 5.56 Å². The fourth-order valence-corrected chi connectivity index (χ4v) is 1.42. The Bertz CT molecular complexity index is 236. The van der Waals surface area contributed by atoms with Gasteiger partial charge in [-0.3, -0.25) is 0 Å². The summed E-state index contributed by atoms with van der Waals surface area (Å²) in [6.45, 7) is 6.79. The van der Waals surface area contributed by atoms with E-state index in [2.05, 4.69) is 61.0 Å². The quantitative estimate of drug-likeness (QED) is 0.709. The summed E-state index contributed by atoms with van der Waals surface area (Å²) >= 11 is 3.43. The summed E-state index contributed by atoms with van der Waals surface area (Å²) in [7, 11) is 0. The van der Waals surface area contributed by atoms with Crippen molar-refractivity contribution in [1.29, 1.82) is 0 Å². The van der Waals surface area contributed by atoms with Crippen LogP contribution in [0.1, 0.15) is 32.3 Å². The van der Waals surface area contributed by atoms with E-state index in [-0.39, 0.29) is 0 Å². The highest BCUT2D eigenvalue weighted by atomic mass is 79.9. The molecule has 0 unspecified atom stereocenters. The molecule has 0 aliphatic heterocycles. The minimum atomic E-state index is 0.651. The van der Waals surface area contributed by atoms with Crippen LogP contribution in [-0.4, -0.2) is 0 Å². The molecule has 0 amide bonds. The van der Waals surface area contributed by atoms with E-state index in [9.17, 15) is 0 Å². The van der Waals surface area contributed by atoms with Gasteiger partial charge in [0.2, 0.25) is 0 Å². The molecule has 0 nitrogen and oxygen atoms in total. The van der Waals surface area contributed by atoms with Crippen LogP contribution in [0.25, 0.3) is 0 Å². The van der Waals surface area contributed by atoms with Gasteiger partial charge in [0, 0.05) is 4.47 Å². The van der Waals surface area contributed by atoms with Gasteiger partial charge in [0.15, 0.2) is 0 Å². The third-order valence-corrected chi connectivity index (χ3v) is 2.92. The minimum Gasteiger partial charge on any atom is -0.0622 e. The highest BCUT2D eigenvalue weighted by molar-refractivity contribution is 9.10. The standard InChI is InChI=1S/C11H15Br/c1-8(2)9(3)10-4-6-11(12)7-5-10/h4-9H,1-3H3/t9-/m0/s1. The lowest BCUT2D eigenvalue weighted by Crippen LogP contribution is -2.01. The van der Waals surface area contributed by atoms with Gasteiger partial charge in [-0.25, -0.2) is 0 Å². The van der Waals surface area contributed by atoms with Crippen molar-refractivity contribution in [1.82, 2.24) is 0 Å². The number of rotatable bonds is 2. The Balaban J connectivity index is 2.82. The first-order chi connectivity index (χ1) is 5.61.